The topological polar surface area (TPSA) is 12.5 Å². The summed E-state index contributed by atoms with van der Waals surface area (Å²) >= 11 is 0. The van der Waals surface area contributed by atoms with Gasteiger partial charge in [-0.15, -0.1) is 0 Å². The Hall–Kier alpha value is -2.20. The van der Waals surface area contributed by atoms with Gasteiger partial charge in [0.2, 0.25) is 5.82 Å². The van der Waals surface area contributed by atoms with E-state index in [1.165, 1.54) is 18.7 Å². The molecular weight excluding hydrogens is 320 g/mol. The fourth-order valence-corrected chi connectivity index (χ4v) is 4.10. The maximum atomic E-state index is 14.4. The van der Waals surface area contributed by atoms with Crippen LogP contribution in [0.25, 0.3) is 5.57 Å². The highest BCUT2D eigenvalue weighted by Gasteiger charge is 2.37. The van der Waals surface area contributed by atoms with Crippen molar-refractivity contribution in [2.75, 3.05) is 7.11 Å². The first-order valence-electron chi connectivity index (χ1n) is 8.70. The normalized spacial score (nSPS) is 22.8. The van der Waals surface area contributed by atoms with Crippen LogP contribution in [-0.4, -0.2) is 24.1 Å². The zero-order chi connectivity index (χ0) is 17.4. The first kappa shape index (κ1) is 16.3. The van der Waals surface area contributed by atoms with Gasteiger partial charge in [0.1, 0.15) is 0 Å². The van der Waals surface area contributed by atoms with Gasteiger partial charge < -0.3 is 4.74 Å². The molecule has 2 unspecified atom stereocenters. The molecule has 2 atom stereocenters. The van der Waals surface area contributed by atoms with Crippen molar-refractivity contribution < 1.29 is 13.5 Å². The number of rotatable bonds is 4. The lowest BCUT2D eigenvalue weighted by molar-refractivity contribution is 0.203. The van der Waals surface area contributed by atoms with E-state index in [0.29, 0.717) is 17.6 Å². The molecule has 0 radical (unpaired) electrons. The third-order valence-corrected chi connectivity index (χ3v) is 5.36. The molecule has 0 saturated carbocycles. The zero-order valence-electron chi connectivity index (χ0n) is 14.2. The maximum Gasteiger partial charge on any atom is 0.201 e. The molecule has 0 amide bonds. The minimum Gasteiger partial charge on any atom is -0.494 e. The van der Waals surface area contributed by atoms with Crippen LogP contribution in [-0.2, 0) is 6.54 Å². The van der Waals surface area contributed by atoms with Crippen LogP contribution in [0.3, 0.4) is 0 Å². The smallest absolute Gasteiger partial charge is 0.201 e. The number of fused-ring (bicyclic) bond motifs is 2. The summed E-state index contributed by atoms with van der Waals surface area (Å²) in [5, 5.41) is 0. The van der Waals surface area contributed by atoms with Crippen LogP contribution in [0.4, 0.5) is 8.78 Å². The molecule has 2 bridgehead atoms. The van der Waals surface area contributed by atoms with Gasteiger partial charge in [-0.2, -0.15) is 4.39 Å². The van der Waals surface area contributed by atoms with Gasteiger partial charge >= 0.3 is 0 Å². The minimum atomic E-state index is -0.903. The predicted octanol–water partition coefficient (Wildman–Crippen LogP) is 4.79. The highest BCUT2D eigenvalue weighted by Crippen LogP contribution is 2.40. The molecule has 0 aliphatic carbocycles. The molecule has 2 aliphatic rings. The van der Waals surface area contributed by atoms with Crippen molar-refractivity contribution in [1.82, 2.24) is 4.90 Å². The van der Waals surface area contributed by atoms with Crippen molar-refractivity contribution in [3.8, 4) is 5.75 Å². The summed E-state index contributed by atoms with van der Waals surface area (Å²) in [5.74, 6) is -1.76. The fraction of sp³-hybridized carbons (Fsp3) is 0.333. The Morgan fingerprint density at radius 1 is 1.04 bits per heavy atom. The van der Waals surface area contributed by atoms with Gasteiger partial charge in [0.05, 0.1) is 7.11 Å². The number of nitrogens with zero attached hydrogens (tertiary/aromatic N) is 1. The molecule has 4 heteroatoms. The van der Waals surface area contributed by atoms with Crippen molar-refractivity contribution in [2.24, 2.45) is 0 Å². The van der Waals surface area contributed by atoms with E-state index in [4.69, 9.17) is 4.74 Å². The number of hydrogen-bond donors (Lipinski definition) is 0. The van der Waals surface area contributed by atoms with Crippen molar-refractivity contribution in [2.45, 2.75) is 37.9 Å². The molecule has 2 aromatic rings. The second-order valence-corrected chi connectivity index (χ2v) is 6.80. The Morgan fingerprint density at radius 3 is 2.56 bits per heavy atom. The average Bonchev–Trinajstić information content (AvgIpc) is 2.86. The Kier molecular flexibility index (Phi) is 4.30. The molecule has 130 valence electrons. The Balaban J connectivity index is 1.61. The molecule has 1 fully saturated rings. The van der Waals surface area contributed by atoms with E-state index in [2.05, 4.69) is 35.2 Å². The third kappa shape index (κ3) is 2.95. The van der Waals surface area contributed by atoms with E-state index >= 15 is 0 Å². The summed E-state index contributed by atoms with van der Waals surface area (Å²) in [6, 6.07) is 14.2. The largest absolute Gasteiger partial charge is 0.494 e. The molecule has 1 saturated heterocycles. The number of hydrogen-bond acceptors (Lipinski definition) is 2. The molecule has 25 heavy (non-hydrogen) atoms. The van der Waals surface area contributed by atoms with E-state index in [1.54, 1.807) is 6.07 Å². The second kappa shape index (κ2) is 6.60. The lowest BCUT2D eigenvalue weighted by atomic mass is 9.93. The van der Waals surface area contributed by atoms with E-state index < -0.39 is 11.6 Å². The lowest BCUT2D eigenvalue weighted by Gasteiger charge is -2.34. The van der Waals surface area contributed by atoms with Gasteiger partial charge in [-0.25, -0.2) is 4.39 Å². The van der Waals surface area contributed by atoms with Crippen molar-refractivity contribution >= 4 is 5.57 Å². The summed E-state index contributed by atoms with van der Waals surface area (Å²) in [6.45, 7) is 0.902. The minimum absolute atomic E-state index is 0.0497. The van der Waals surface area contributed by atoms with Crippen molar-refractivity contribution in [3.63, 3.8) is 0 Å². The summed E-state index contributed by atoms with van der Waals surface area (Å²) in [7, 11) is 1.35. The van der Waals surface area contributed by atoms with E-state index in [-0.39, 0.29) is 5.75 Å². The van der Waals surface area contributed by atoms with Gasteiger partial charge in [0.25, 0.3) is 0 Å². The fourth-order valence-electron chi connectivity index (χ4n) is 4.10. The number of benzene rings is 2. The molecule has 2 nitrogen and oxygen atoms in total. The van der Waals surface area contributed by atoms with Crippen LogP contribution in [0.15, 0.2) is 48.5 Å². The van der Waals surface area contributed by atoms with Crippen LogP contribution >= 0.6 is 0 Å². The van der Waals surface area contributed by atoms with Crippen LogP contribution in [0, 0.1) is 11.6 Å². The van der Waals surface area contributed by atoms with Crippen LogP contribution in [0.1, 0.15) is 30.4 Å². The molecule has 4 rings (SSSR count). The quantitative estimate of drug-likeness (QED) is 0.792. The van der Waals surface area contributed by atoms with Crippen LogP contribution < -0.4 is 4.74 Å². The highest BCUT2D eigenvalue weighted by atomic mass is 19.2. The molecule has 2 aromatic carbocycles. The molecule has 2 heterocycles. The zero-order valence-corrected chi connectivity index (χ0v) is 14.2. The molecular formula is C21H21F2NO. The molecule has 2 aliphatic heterocycles. The van der Waals surface area contributed by atoms with Gasteiger partial charge in [-0.05, 0) is 42.5 Å². The number of halogens is 2. The first-order chi connectivity index (χ1) is 12.2. The monoisotopic (exact) mass is 341 g/mol. The summed E-state index contributed by atoms with van der Waals surface area (Å²) in [4.78, 5) is 2.48. The Bertz CT molecular complexity index is 803. The second-order valence-electron chi connectivity index (χ2n) is 6.80. The van der Waals surface area contributed by atoms with E-state index in [9.17, 15) is 8.78 Å². The number of methoxy groups -OCH3 is 1. The predicted molar refractivity (Wildman–Crippen MR) is 94.3 cm³/mol. The first-order valence-corrected chi connectivity index (χ1v) is 8.70. The van der Waals surface area contributed by atoms with Crippen molar-refractivity contribution in [1.29, 1.82) is 0 Å². The summed E-state index contributed by atoms with van der Waals surface area (Å²) in [6.07, 6.45) is 5.04. The molecule has 0 aromatic heterocycles. The third-order valence-electron chi connectivity index (χ3n) is 5.36. The van der Waals surface area contributed by atoms with E-state index in [0.717, 1.165) is 31.4 Å². The van der Waals surface area contributed by atoms with Gasteiger partial charge in [0, 0.05) is 24.2 Å². The molecule has 0 spiro atoms. The van der Waals surface area contributed by atoms with Gasteiger partial charge in [0.15, 0.2) is 11.6 Å². The lowest BCUT2D eigenvalue weighted by Crippen LogP contribution is -2.37. The summed E-state index contributed by atoms with van der Waals surface area (Å²) < 4.78 is 33.4. The maximum absolute atomic E-state index is 14.4. The summed E-state index contributed by atoms with van der Waals surface area (Å²) in [5.41, 5.74) is 2.57. The molecule has 0 N–H and O–H groups in total. The van der Waals surface area contributed by atoms with E-state index in [1.807, 2.05) is 6.07 Å². The highest BCUT2D eigenvalue weighted by molar-refractivity contribution is 5.69. The SMILES string of the molecule is COc1ccc(C2=CC3CCC(C2)N3Cc2ccccc2)c(F)c1F. The van der Waals surface area contributed by atoms with Crippen molar-refractivity contribution in [3.05, 3.63) is 71.3 Å². The average molecular weight is 341 g/mol. The van der Waals surface area contributed by atoms with Gasteiger partial charge in [-0.3, -0.25) is 4.90 Å². The van der Waals surface area contributed by atoms with Gasteiger partial charge in [-0.1, -0.05) is 36.4 Å². The standard InChI is InChI=1S/C21H21F2NO/c1-25-19-10-9-18(20(22)21(19)23)15-11-16-7-8-17(12-15)24(16)13-14-5-3-2-4-6-14/h2-6,9-11,16-17H,7-8,12-13H2,1H3. The number of ether oxygens (including phenoxy) is 1. The Labute approximate surface area is 146 Å². The van der Waals surface area contributed by atoms with Crippen LogP contribution in [0.2, 0.25) is 0 Å². The van der Waals surface area contributed by atoms with Crippen LogP contribution in [0.5, 0.6) is 5.75 Å². The Morgan fingerprint density at radius 2 is 1.84 bits per heavy atom.